The lowest BCUT2D eigenvalue weighted by Crippen LogP contribution is -2.33. The predicted molar refractivity (Wildman–Crippen MR) is 61.5 cm³/mol. The summed E-state index contributed by atoms with van der Waals surface area (Å²) in [5, 5.41) is 2.85. The average Bonchev–Trinajstić information content (AvgIpc) is 2.65. The molecule has 1 heterocycles. The van der Waals surface area contributed by atoms with E-state index in [0.717, 1.165) is 4.88 Å². The molecule has 0 bridgehead atoms. The van der Waals surface area contributed by atoms with Gasteiger partial charge in [-0.1, -0.05) is 29.8 Å². The van der Waals surface area contributed by atoms with Crippen LogP contribution in [0.3, 0.4) is 0 Å². The van der Waals surface area contributed by atoms with E-state index >= 15 is 0 Å². The van der Waals surface area contributed by atoms with Gasteiger partial charge in [-0.25, -0.2) is 0 Å². The Balaban J connectivity index is 2.35. The number of alkyl halides is 1. The van der Waals surface area contributed by atoms with Gasteiger partial charge < -0.3 is 5.32 Å². The van der Waals surface area contributed by atoms with Gasteiger partial charge in [0, 0.05) is 11.1 Å². The minimum absolute atomic E-state index is 0.0356. The van der Waals surface area contributed by atoms with Crippen LogP contribution in [0.25, 0.3) is 0 Å². The van der Waals surface area contributed by atoms with E-state index in [2.05, 4.69) is 26.2 Å². The summed E-state index contributed by atoms with van der Waals surface area (Å²) >= 11 is 4.89. The molecule has 1 rings (SSSR count). The highest BCUT2D eigenvalue weighted by atomic mass is 79.9. The maximum Gasteiger partial charge on any atom is 0.234 e. The molecule has 3 nitrogen and oxygen atoms in total. The van der Waals surface area contributed by atoms with Crippen molar-refractivity contribution in [1.29, 1.82) is 0 Å². The van der Waals surface area contributed by atoms with Crippen molar-refractivity contribution in [1.82, 2.24) is 10.3 Å². The lowest BCUT2D eigenvalue weighted by molar-refractivity contribution is -0.121. The van der Waals surface area contributed by atoms with Crippen molar-refractivity contribution in [2.75, 3.05) is 0 Å². The first kappa shape index (κ1) is 11.7. The summed E-state index contributed by atoms with van der Waals surface area (Å²) in [6.07, 6.45) is 1.77. The van der Waals surface area contributed by atoms with Gasteiger partial charge in [0.25, 0.3) is 0 Å². The molecule has 1 unspecified atom stereocenters. The highest BCUT2D eigenvalue weighted by molar-refractivity contribution is 9.10. The van der Waals surface area contributed by atoms with Gasteiger partial charge in [-0.15, -0.1) is 11.3 Å². The van der Waals surface area contributed by atoms with Crippen LogP contribution in [0.1, 0.15) is 18.7 Å². The van der Waals surface area contributed by atoms with Crippen LogP contribution in [0, 0.1) is 5.92 Å². The molecule has 5 heteroatoms. The van der Waals surface area contributed by atoms with E-state index in [1.165, 1.54) is 0 Å². The van der Waals surface area contributed by atoms with Crippen LogP contribution in [-0.4, -0.2) is 15.7 Å². The molecule has 0 saturated carbocycles. The monoisotopic (exact) mass is 276 g/mol. The number of halogens is 1. The van der Waals surface area contributed by atoms with Crippen molar-refractivity contribution in [3.63, 3.8) is 0 Å². The first-order chi connectivity index (χ1) is 6.61. The van der Waals surface area contributed by atoms with Crippen LogP contribution in [0.15, 0.2) is 11.7 Å². The highest BCUT2D eigenvalue weighted by Crippen LogP contribution is 2.12. The summed E-state index contributed by atoms with van der Waals surface area (Å²) < 4.78 is 0. The largest absolute Gasteiger partial charge is 0.350 e. The fourth-order valence-electron chi connectivity index (χ4n) is 0.904. The smallest absolute Gasteiger partial charge is 0.234 e. The summed E-state index contributed by atoms with van der Waals surface area (Å²) in [5.41, 5.74) is 1.76. The van der Waals surface area contributed by atoms with Gasteiger partial charge in [0.2, 0.25) is 5.91 Å². The maximum atomic E-state index is 11.5. The topological polar surface area (TPSA) is 42.0 Å². The number of hydrogen-bond acceptors (Lipinski definition) is 3. The first-order valence-electron chi connectivity index (χ1n) is 4.40. The maximum absolute atomic E-state index is 11.5. The van der Waals surface area contributed by atoms with E-state index < -0.39 is 0 Å². The molecule has 0 aliphatic heterocycles. The zero-order valence-corrected chi connectivity index (χ0v) is 10.6. The van der Waals surface area contributed by atoms with Crippen LogP contribution in [0.2, 0.25) is 0 Å². The van der Waals surface area contributed by atoms with Gasteiger partial charge in [-0.05, 0) is 5.92 Å². The fourth-order valence-corrected chi connectivity index (χ4v) is 1.60. The van der Waals surface area contributed by atoms with Crippen LogP contribution in [0.4, 0.5) is 0 Å². The number of hydrogen-bond donors (Lipinski definition) is 1. The van der Waals surface area contributed by atoms with Gasteiger partial charge >= 0.3 is 0 Å². The number of amides is 1. The van der Waals surface area contributed by atoms with Gasteiger partial charge in [-0.2, -0.15) is 0 Å². The van der Waals surface area contributed by atoms with E-state index in [1.807, 2.05) is 13.8 Å². The molecule has 0 fully saturated rings. The molecule has 0 spiro atoms. The van der Waals surface area contributed by atoms with Gasteiger partial charge in [0.15, 0.2) is 0 Å². The Labute approximate surface area is 96.1 Å². The number of carbonyl (C=O) groups is 1. The van der Waals surface area contributed by atoms with Gasteiger partial charge in [0.1, 0.15) is 0 Å². The minimum atomic E-state index is -0.115. The van der Waals surface area contributed by atoms with E-state index in [-0.39, 0.29) is 10.7 Å². The number of rotatable bonds is 4. The second-order valence-corrected chi connectivity index (χ2v) is 5.29. The first-order valence-corrected chi connectivity index (χ1v) is 6.20. The van der Waals surface area contributed by atoms with Crippen LogP contribution in [-0.2, 0) is 11.3 Å². The Bertz CT molecular complexity index is 287. The number of carbonyl (C=O) groups excluding carboxylic acids is 1. The number of thiazole rings is 1. The average molecular weight is 277 g/mol. The van der Waals surface area contributed by atoms with Gasteiger partial charge in [0.05, 0.1) is 16.9 Å². The van der Waals surface area contributed by atoms with Crippen molar-refractivity contribution in [2.45, 2.75) is 25.2 Å². The summed E-state index contributed by atoms with van der Waals surface area (Å²) in [6.45, 7) is 4.58. The summed E-state index contributed by atoms with van der Waals surface area (Å²) in [5.74, 6) is 0.338. The molecule has 0 aromatic carbocycles. The van der Waals surface area contributed by atoms with Crippen LogP contribution in [0.5, 0.6) is 0 Å². The lowest BCUT2D eigenvalue weighted by atomic mass is 10.1. The molecule has 0 aliphatic rings. The standard InChI is InChI=1S/C9H13BrN2OS/c1-6(2)8(10)9(13)12-4-7-3-11-5-14-7/h3,5-6,8H,4H2,1-2H3,(H,12,13). The number of aromatic nitrogens is 1. The molecule has 14 heavy (non-hydrogen) atoms. The molecular weight excluding hydrogens is 264 g/mol. The Morgan fingerprint density at radius 2 is 2.43 bits per heavy atom. The normalized spacial score (nSPS) is 12.9. The molecular formula is C9H13BrN2OS. The molecule has 1 aromatic rings. The summed E-state index contributed by atoms with van der Waals surface area (Å²) in [7, 11) is 0. The summed E-state index contributed by atoms with van der Waals surface area (Å²) in [6, 6.07) is 0. The third-order valence-corrected chi connectivity index (χ3v) is 4.01. The van der Waals surface area contributed by atoms with Crippen LogP contribution >= 0.6 is 27.3 Å². The third-order valence-electron chi connectivity index (χ3n) is 1.76. The van der Waals surface area contributed by atoms with Crippen molar-refractivity contribution >= 4 is 33.2 Å². The van der Waals surface area contributed by atoms with E-state index in [4.69, 9.17) is 0 Å². The fraction of sp³-hybridized carbons (Fsp3) is 0.556. The van der Waals surface area contributed by atoms with Crippen molar-refractivity contribution in [2.24, 2.45) is 5.92 Å². The Morgan fingerprint density at radius 1 is 1.71 bits per heavy atom. The van der Waals surface area contributed by atoms with E-state index in [9.17, 15) is 4.79 Å². The molecule has 1 atom stereocenters. The molecule has 0 aliphatic carbocycles. The van der Waals surface area contributed by atoms with Gasteiger partial charge in [-0.3, -0.25) is 9.78 Å². The van der Waals surface area contributed by atoms with E-state index in [0.29, 0.717) is 12.5 Å². The van der Waals surface area contributed by atoms with Crippen molar-refractivity contribution in [3.05, 3.63) is 16.6 Å². The molecule has 0 saturated heterocycles. The Hall–Kier alpha value is -0.420. The molecule has 78 valence electrons. The second kappa shape index (κ2) is 5.46. The molecule has 1 aromatic heterocycles. The van der Waals surface area contributed by atoms with Crippen molar-refractivity contribution in [3.8, 4) is 0 Å². The predicted octanol–water partition coefficient (Wildman–Crippen LogP) is 2.18. The second-order valence-electron chi connectivity index (χ2n) is 3.33. The molecule has 1 amide bonds. The van der Waals surface area contributed by atoms with E-state index in [1.54, 1.807) is 23.0 Å². The Kier molecular flexibility index (Phi) is 4.54. The minimum Gasteiger partial charge on any atom is -0.350 e. The Morgan fingerprint density at radius 3 is 2.93 bits per heavy atom. The lowest BCUT2D eigenvalue weighted by Gasteiger charge is -2.12. The molecule has 0 radical (unpaired) electrons. The summed E-state index contributed by atoms with van der Waals surface area (Å²) in [4.78, 5) is 16.4. The zero-order chi connectivity index (χ0) is 10.6. The van der Waals surface area contributed by atoms with Crippen LogP contribution < -0.4 is 5.32 Å². The highest BCUT2D eigenvalue weighted by Gasteiger charge is 2.17. The number of nitrogens with one attached hydrogen (secondary N) is 1. The zero-order valence-electron chi connectivity index (χ0n) is 8.16. The number of nitrogens with zero attached hydrogens (tertiary/aromatic N) is 1. The van der Waals surface area contributed by atoms with Crippen molar-refractivity contribution < 1.29 is 4.79 Å². The third kappa shape index (κ3) is 3.38. The quantitative estimate of drug-likeness (QED) is 0.857. The molecule has 1 N–H and O–H groups in total. The SMILES string of the molecule is CC(C)C(Br)C(=O)NCc1cncs1.